The number of rotatable bonds is 10. The summed E-state index contributed by atoms with van der Waals surface area (Å²) in [6.07, 6.45) is 6.08. The second-order valence-corrected chi connectivity index (χ2v) is 6.85. The molecule has 152 valence electrons. The van der Waals surface area contributed by atoms with E-state index in [0.717, 1.165) is 49.9 Å². The minimum atomic E-state index is 0.640. The SMILES string of the molecule is CCOc1cc(CCCNC(=NC)NCCN2CCCCC2)ccc1OC. The van der Waals surface area contributed by atoms with E-state index in [1.165, 1.54) is 37.9 Å². The van der Waals surface area contributed by atoms with Crippen LogP contribution < -0.4 is 20.1 Å². The maximum Gasteiger partial charge on any atom is 0.191 e. The molecule has 6 heteroatoms. The van der Waals surface area contributed by atoms with Gasteiger partial charge in [0.1, 0.15) is 0 Å². The highest BCUT2D eigenvalue weighted by molar-refractivity contribution is 5.79. The molecule has 2 rings (SSSR count). The van der Waals surface area contributed by atoms with Gasteiger partial charge in [-0.15, -0.1) is 0 Å². The van der Waals surface area contributed by atoms with Crippen molar-refractivity contribution in [3.63, 3.8) is 0 Å². The standard InChI is InChI=1S/C21H36N4O2/c1-4-27-20-17-18(10-11-19(20)26-3)9-8-12-23-21(22-2)24-13-16-25-14-6-5-7-15-25/h10-11,17H,4-9,12-16H2,1-3H3,(H2,22,23,24). The van der Waals surface area contributed by atoms with Crippen LogP contribution in [0.25, 0.3) is 0 Å². The lowest BCUT2D eigenvalue weighted by molar-refractivity contribution is 0.232. The van der Waals surface area contributed by atoms with Gasteiger partial charge in [-0.05, 0) is 63.4 Å². The highest BCUT2D eigenvalue weighted by atomic mass is 16.5. The molecule has 1 aliphatic rings. The van der Waals surface area contributed by atoms with E-state index < -0.39 is 0 Å². The topological polar surface area (TPSA) is 58.1 Å². The Balaban J connectivity index is 1.66. The van der Waals surface area contributed by atoms with Crippen molar-refractivity contribution in [2.24, 2.45) is 4.99 Å². The van der Waals surface area contributed by atoms with Crippen LogP contribution in [0, 0.1) is 0 Å². The summed E-state index contributed by atoms with van der Waals surface area (Å²) in [7, 11) is 3.50. The molecule has 0 spiro atoms. The number of hydrogen-bond acceptors (Lipinski definition) is 4. The third-order valence-electron chi connectivity index (χ3n) is 4.86. The number of methoxy groups -OCH3 is 1. The number of aliphatic imine (C=N–C) groups is 1. The van der Waals surface area contributed by atoms with Gasteiger partial charge in [-0.3, -0.25) is 4.99 Å². The highest BCUT2D eigenvalue weighted by Crippen LogP contribution is 2.28. The summed E-state index contributed by atoms with van der Waals surface area (Å²) in [5.41, 5.74) is 1.26. The third-order valence-corrected chi connectivity index (χ3v) is 4.86. The van der Waals surface area contributed by atoms with Crippen molar-refractivity contribution in [1.29, 1.82) is 0 Å². The molecular weight excluding hydrogens is 340 g/mol. The number of piperidine rings is 1. The summed E-state index contributed by atoms with van der Waals surface area (Å²) >= 11 is 0. The van der Waals surface area contributed by atoms with Crippen LogP contribution in [0.15, 0.2) is 23.2 Å². The highest BCUT2D eigenvalue weighted by Gasteiger charge is 2.09. The first kappa shape index (κ1) is 21.4. The van der Waals surface area contributed by atoms with E-state index in [2.05, 4.69) is 32.7 Å². The van der Waals surface area contributed by atoms with E-state index in [4.69, 9.17) is 9.47 Å². The average Bonchev–Trinajstić information content (AvgIpc) is 2.71. The Kier molecular flexibility index (Phi) is 9.84. The second-order valence-electron chi connectivity index (χ2n) is 6.85. The lowest BCUT2D eigenvalue weighted by atomic mass is 10.1. The molecule has 0 unspecified atom stereocenters. The van der Waals surface area contributed by atoms with Crippen LogP contribution in [-0.4, -0.2) is 64.3 Å². The van der Waals surface area contributed by atoms with Gasteiger partial charge < -0.3 is 25.0 Å². The summed E-state index contributed by atoms with van der Waals surface area (Å²) in [5, 5.41) is 6.82. The molecule has 0 bridgehead atoms. The normalized spacial score (nSPS) is 15.4. The van der Waals surface area contributed by atoms with E-state index >= 15 is 0 Å². The van der Waals surface area contributed by atoms with E-state index in [1.54, 1.807) is 7.11 Å². The number of aryl methyl sites for hydroxylation is 1. The lowest BCUT2D eigenvalue weighted by Crippen LogP contribution is -2.42. The zero-order valence-corrected chi connectivity index (χ0v) is 17.2. The maximum atomic E-state index is 5.65. The fraction of sp³-hybridized carbons (Fsp3) is 0.667. The molecular formula is C21H36N4O2. The van der Waals surface area contributed by atoms with Gasteiger partial charge in [-0.1, -0.05) is 12.5 Å². The number of guanidine groups is 1. The second kappa shape index (κ2) is 12.4. The molecule has 0 amide bonds. The third kappa shape index (κ3) is 7.67. The predicted molar refractivity (Wildman–Crippen MR) is 112 cm³/mol. The summed E-state index contributed by atoms with van der Waals surface area (Å²) in [6.45, 7) is 8.02. The van der Waals surface area contributed by atoms with Crippen LogP contribution in [-0.2, 0) is 6.42 Å². The average molecular weight is 377 g/mol. The van der Waals surface area contributed by atoms with E-state index in [0.29, 0.717) is 6.61 Å². The monoisotopic (exact) mass is 376 g/mol. The molecule has 1 aromatic carbocycles. The Morgan fingerprint density at radius 2 is 1.89 bits per heavy atom. The van der Waals surface area contributed by atoms with Crippen LogP contribution in [0.3, 0.4) is 0 Å². The fourth-order valence-electron chi connectivity index (χ4n) is 3.38. The van der Waals surface area contributed by atoms with Gasteiger partial charge in [-0.2, -0.15) is 0 Å². The zero-order chi connectivity index (χ0) is 19.3. The maximum absolute atomic E-state index is 5.65. The van der Waals surface area contributed by atoms with Gasteiger partial charge in [0.05, 0.1) is 13.7 Å². The predicted octanol–water partition coefficient (Wildman–Crippen LogP) is 2.68. The van der Waals surface area contributed by atoms with Gasteiger partial charge in [0, 0.05) is 26.7 Å². The van der Waals surface area contributed by atoms with E-state index in [9.17, 15) is 0 Å². The van der Waals surface area contributed by atoms with Gasteiger partial charge >= 0.3 is 0 Å². The Hall–Kier alpha value is -1.95. The minimum absolute atomic E-state index is 0.640. The molecule has 6 nitrogen and oxygen atoms in total. The largest absolute Gasteiger partial charge is 0.493 e. The van der Waals surface area contributed by atoms with E-state index in [-0.39, 0.29) is 0 Å². The van der Waals surface area contributed by atoms with Gasteiger partial charge in [0.25, 0.3) is 0 Å². The summed E-state index contributed by atoms with van der Waals surface area (Å²) in [5.74, 6) is 2.49. The summed E-state index contributed by atoms with van der Waals surface area (Å²) in [6, 6.07) is 6.16. The molecule has 1 heterocycles. The van der Waals surface area contributed by atoms with Crippen LogP contribution in [0.4, 0.5) is 0 Å². The molecule has 1 fully saturated rings. The number of ether oxygens (including phenoxy) is 2. The number of likely N-dealkylation sites (tertiary alicyclic amines) is 1. The Labute approximate surface area is 164 Å². The molecule has 0 radical (unpaired) electrons. The number of hydrogen-bond donors (Lipinski definition) is 2. The van der Waals surface area contributed by atoms with E-state index in [1.807, 2.05) is 20.0 Å². The van der Waals surface area contributed by atoms with Gasteiger partial charge in [0.2, 0.25) is 0 Å². The number of benzene rings is 1. The summed E-state index contributed by atoms with van der Waals surface area (Å²) in [4.78, 5) is 6.85. The quantitative estimate of drug-likeness (QED) is 0.374. The molecule has 2 N–H and O–H groups in total. The smallest absolute Gasteiger partial charge is 0.191 e. The molecule has 0 saturated carbocycles. The lowest BCUT2D eigenvalue weighted by Gasteiger charge is -2.26. The molecule has 0 atom stereocenters. The Morgan fingerprint density at radius 3 is 2.59 bits per heavy atom. The number of nitrogens with one attached hydrogen (secondary N) is 2. The first-order chi connectivity index (χ1) is 13.3. The van der Waals surface area contributed by atoms with Crippen LogP contribution in [0.1, 0.15) is 38.2 Å². The minimum Gasteiger partial charge on any atom is -0.493 e. The van der Waals surface area contributed by atoms with Crippen molar-refractivity contribution in [3.05, 3.63) is 23.8 Å². The van der Waals surface area contributed by atoms with Crippen molar-refractivity contribution in [2.75, 3.05) is 53.5 Å². The summed E-state index contributed by atoms with van der Waals surface area (Å²) < 4.78 is 11.0. The van der Waals surface area contributed by atoms with Gasteiger partial charge in [0.15, 0.2) is 17.5 Å². The molecule has 1 aliphatic heterocycles. The Morgan fingerprint density at radius 1 is 1.11 bits per heavy atom. The number of nitrogens with zero attached hydrogens (tertiary/aromatic N) is 2. The molecule has 1 saturated heterocycles. The molecule has 1 aromatic rings. The van der Waals surface area contributed by atoms with Crippen molar-refractivity contribution in [1.82, 2.24) is 15.5 Å². The molecule has 0 aromatic heterocycles. The Bertz CT molecular complexity index is 571. The van der Waals surface area contributed by atoms with Crippen molar-refractivity contribution in [3.8, 4) is 11.5 Å². The molecule has 27 heavy (non-hydrogen) atoms. The first-order valence-electron chi connectivity index (χ1n) is 10.2. The van der Waals surface area contributed by atoms with Crippen molar-refractivity contribution < 1.29 is 9.47 Å². The first-order valence-corrected chi connectivity index (χ1v) is 10.2. The van der Waals surface area contributed by atoms with Crippen molar-refractivity contribution in [2.45, 2.75) is 39.0 Å². The van der Waals surface area contributed by atoms with Gasteiger partial charge in [-0.25, -0.2) is 0 Å². The van der Waals surface area contributed by atoms with Crippen LogP contribution in [0.2, 0.25) is 0 Å². The molecule has 0 aliphatic carbocycles. The fourth-order valence-corrected chi connectivity index (χ4v) is 3.38. The van der Waals surface area contributed by atoms with Crippen LogP contribution >= 0.6 is 0 Å². The zero-order valence-electron chi connectivity index (χ0n) is 17.2. The van der Waals surface area contributed by atoms with Crippen molar-refractivity contribution >= 4 is 5.96 Å². The van der Waals surface area contributed by atoms with Crippen LogP contribution in [0.5, 0.6) is 11.5 Å².